The molecule has 3 aromatic heterocycles. The molecule has 35 heavy (non-hydrogen) atoms. The number of nitrogens with zero attached hydrogens (tertiary/aromatic N) is 4. The molecule has 4 aromatic rings. The van der Waals surface area contributed by atoms with Gasteiger partial charge in [-0.3, -0.25) is 9.48 Å². The van der Waals surface area contributed by atoms with Crippen molar-refractivity contribution in [2.75, 3.05) is 7.11 Å². The van der Waals surface area contributed by atoms with Gasteiger partial charge in [0, 0.05) is 0 Å². The van der Waals surface area contributed by atoms with E-state index in [2.05, 4.69) is 20.1 Å². The molecule has 1 N–H and O–H groups in total. The Kier molecular flexibility index (Phi) is 5.92. The molecule has 0 bridgehead atoms. The Morgan fingerprint density at radius 1 is 1.00 bits per heavy atom. The largest absolute Gasteiger partial charge is 0.480 e. The number of hydrogen-bond acceptors (Lipinski definition) is 7. The Labute approximate surface area is 203 Å². The molecule has 182 valence electrons. The number of aromatic nitrogens is 5. The Hall–Kier alpha value is -3.53. The molecule has 0 spiro atoms. The average molecular weight is 494 g/mol. The van der Waals surface area contributed by atoms with Gasteiger partial charge in [0.15, 0.2) is 10.5 Å². The van der Waals surface area contributed by atoms with E-state index in [-0.39, 0.29) is 33.2 Å². The Morgan fingerprint density at radius 2 is 1.71 bits per heavy atom. The van der Waals surface area contributed by atoms with Crippen LogP contribution in [0.5, 0.6) is 5.88 Å². The molecule has 0 saturated heterocycles. The summed E-state index contributed by atoms with van der Waals surface area (Å²) in [5, 5.41) is 4.50. The second-order valence-corrected chi connectivity index (χ2v) is 10.9. The minimum atomic E-state index is -3.84. The van der Waals surface area contributed by atoms with Crippen molar-refractivity contribution in [3.8, 4) is 17.3 Å². The van der Waals surface area contributed by atoms with E-state index in [0.29, 0.717) is 22.3 Å². The number of H-pyrrole nitrogens is 1. The summed E-state index contributed by atoms with van der Waals surface area (Å²) in [6.45, 7) is 3.72. The van der Waals surface area contributed by atoms with E-state index in [1.807, 2.05) is 18.5 Å². The maximum Gasteiger partial charge on any atom is 0.277 e. The minimum absolute atomic E-state index is 0.0537. The van der Waals surface area contributed by atoms with Crippen LogP contribution in [0.2, 0.25) is 0 Å². The number of sulfone groups is 1. The van der Waals surface area contributed by atoms with Crippen LogP contribution in [0, 0.1) is 13.8 Å². The molecule has 1 saturated carbocycles. The second kappa shape index (κ2) is 8.92. The van der Waals surface area contributed by atoms with Crippen molar-refractivity contribution < 1.29 is 13.2 Å². The van der Waals surface area contributed by atoms with Crippen LogP contribution in [0.3, 0.4) is 0 Å². The van der Waals surface area contributed by atoms with Gasteiger partial charge in [0.25, 0.3) is 5.56 Å². The van der Waals surface area contributed by atoms with Crippen LogP contribution in [0.15, 0.2) is 51.1 Å². The third-order valence-electron chi connectivity index (χ3n) is 6.53. The first-order chi connectivity index (χ1) is 16.8. The van der Waals surface area contributed by atoms with Gasteiger partial charge < -0.3 is 9.72 Å². The summed E-state index contributed by atoms with van der Waals surface area (Å²) in [5.74, 6) is 0.301. The Bertz CT molecular complexity index is 1570. The fourth-order valence-electron chi connectivity index (χ4n) is 4.66. The van der Waals surface area contributed by atoms with Crippen LogP contribution in [0.1, 0.15) is 49.4 Å². The van der Waals surface area contributed by atoms with Crippen molar-refractivity contribution in [2.45, 2.75) is 61.9 Å². The SMILES string of the molecule is COc1nc(S(=O)(=O)c2ccc(C)cc2)ccc1-c1nc2c(C)nn(C3CCCCC3)c2c(=O)[nH]1. The first-order valence-corrected chi connectivity index (χ1v) is 13.1. The smallest absolute Gasteiger partial charge is 0.277 e. The van der Waals surface area contributed by atoms with Gasteiger partial charge in [0.1, 0.15) is 11.3 Å². The van der Waals surface area contributed by atoms with E-state index < -0.39 is 9.84 Å². The molecule has 1 aliphatic carbocycles. The summed E-state index contributed by atoms with van der Waals surface area (Å²) in [6.07, 6.45) is 5.43. The topological polar surface area (TPSA) is 120 Å². The van der Waals surface area contributed by atoms with Crippen molar-refractivity contribution in [3.05, 3.63) is 58.0 Å². The van der Waals surface area contributed by atoms with Crippen molar-refractivity contribution in [1.29, 1.82) is 0 Å². The number of hydrogen-bond donors (Lipinski definition) is 1. The predicted molar refractivity (Wildman–Crippen MR) is 131 cm³/mol. The highest BCUT2D eigenvalue weighted by Gasteiger charge is 2.25. The lowest BCUT2D eigenvalue weighted by Gasteiger charge is -2.22. The molecule has 0 radical (unpaired) electrons. The molecule has 10 heteroatoms. The number of rotatable bonds is 5. The lowest BCUT2D eigenvalue weighted by atomic mass is 9.95. The van der Waals surface area contributed by atoms with Crippen LogP contribution in [0.4, 0.5) is 0 Å². The van der Waals surface area contributed by atoms with Gasteiger partial charge in [-0.15, -0.1) is 0 Å². The lowest BCUT2D eigenvalue weighted by Crippen LogP contribution is -2.19. The van der Waals surface area contributed by atoms with E-state index >= 15 is 0 Å². The zero-order chi connectivity index (χ0) is 24.7. The number of ether oxygens (including phenoxy) is 1. The van der Waals surface area contributed by atoms with Crippen LogP contribution >= 0.6 is 0 Å². The number of nitrogens with one attached hydrogen (secondary N) is 1. The fraction of sp³-hybridized carbons (Fsp3) is 0.360. The maximum absolute atomic E-state index is 13.2. The summed E-state index contributed by atoms with van der Waals surface area (Å²) in [7, 11) is -2.44. The molecular weight excluding hydrogens is 466 g/mol. The quantitative estimate of drug-likeness (QED) is 0.443. The van der Waals surface area contributed by atoms with Gasteiger partial charge in [-0.05, 0) is 51.0 Å². The summed E-state index contributed by atoms with van der Waals surface area (Å²) in [6, 6.07) is 9.71. The summed E-state index contributed by atoms with van der Waals surface area (Å²) in [5.41, 5.74) is 2.70. The van der Waals surface area contributed by atoms with Crippen molar-refractivity contribution in [3.63, 3.8) is 0 Å². The van der Waals surface area contributed by atoms with Crippen molar-refractivity contribution >= 4 is 20.9 Å². The predicted octanol–water partition coefficient (Wildman–Crippen LogP) is 4.15. The summed E-state index contributed by atoms with van der Waals surface area (Å²) < 4.78 is 33.4. The molecule has 5 rings (SSSR count). The Balaban J connectivity index is 1.59. The highest BCUT2D eigenvalue weighted by Crippen LogP contribution is 2.32. The Morgan fingerprint density at radius 3 is 2.40 bits per heavy atom. The van der Waals surface area contributed by atoms with Crippen LogP contribution < -0.4 is 10.3 Å². The number of aryl methyl sites for hydroxylation is 2. The highest BCUT2D eigenvalue weighted by atomic mass is 32.2. The standard InChI is InChI=1S/C25H27N5O4S/c1-15-9-11-18(12-10-15)35(32,33)20-14-13-19(25(26-20)34-3)23-27-21-16(2)29-30(22(21)24(31)28-23)17-7-5-4-6-8-17/h9-14,17H,4-8H2,1-3H3,(H,27,28,31). The van der Waals surface area contributed by atoms with Crippen molar-refractivity contribution in [2.24, 2.45) is 0 Å². The second-order valence-electron chi connectivity index (χ2n) is 8.96. The van der Waals surface area contributed by atoms with Crippen LogP contribution in [-0.4, -0.2) is 40.3 Å². The number of aromatic amines is 1. The first kappa shape index (κ1) is 23.2. The number of fused-ring (bicyclic) bond motifs is 1. The third kappa shape index (κ3) is 4.12. The zero-order valence-corrected chi connectivity index (χ0v) is 20.7. The van der Waals surface area contributed by atoms with Gasteiger partial charge in [0.2, 0.25) is 15.7 Å². The maximum atomic E-state index is 13.2. The van der Waals surface area contributed by atoms with E-state index in [4.69, 9.17) is 4.74 Å². The molecule has 3 heterocycles. The molecular formula is C25H27N5O4S. The van der Waals surface area contributed by atoms with Gasteiger partial charge >= 0.3 is 0 Å². The normalized spacial score (nSPS) is 14.9. The summed E-state index contributed by atoms with van der Waals surface area (Å²) >= 11 is 0. The third-order valence-corrected chi connectivity index (χ3v) is 8.21. The molecule has 0 amide bonds. The summed E-state index contributed by atoms with van der Waals surface area (Å²) in [4.78, 5) is 25.1. The molecule has 1 aliphatic rings. The van der Waals surface area contributed by atoms with Gasteiger partial charge in [0.05, 0.1) is 29.3 Å². The van der Waals surface area contributed by atoms with Crippen LogP contribution in [0.25, 0.3) is 22.4 Å². The van der Waals surface area contributed by atoms with Gasteiger partial charge in [-0.1, -0.05) is 37.0 Å². The van der Waals surface area contributed by atoms with E-state index in [0.717, 1.165) is 31.2 Å². The van der Waals surface area contributed by atoms with Gasteiger partial charge in [-0.2, -0.15) is 5.10 Å². The number of methoxy groups -OCH3 is 1. The molecule has 0 aliphatic heterocycles. The average Bonchev–Trinajstić information content (AvgIpc) is 3.21. The van der Waals surface area contributed by atoms with Crippen LogP contribution in [-0.2, 0) is 9.84 Å². The molecule has 9 nitrogen and oxygen atoms in total. The number of benzene rings is 1. The molecule has 0 unspecified atom stereocenters. The van der Waals surface area contributed by atoms with Gasteiger partial charge in [-0.25, -0.2) is 18.4 Å². The highest BCUT2D eigenvalue weighted by molar-refractivity contribution is 7.91. The molecule has 1 fully saturated rings. The minimum Gasteiger partial charge on any atom is -0.480 e. The number of pyridine rings is 1. The van der Waals surface area contributed by atoms with E-state index in [9.17, 15) is 13.2 Å². The molecule has 1 aromatic carbocycles. The van der Waals surface area contributed by atoms with E-state index in [1.165, 1.54) is 19.6 Å². The lowest BCUT2D eigenvalue weighted by molar-refractivity contribution is 0.336. The van der Waals surface area contributed by atoms with Crippen molar-refractivity contribution in [1.82, 2.24) is 24.7 Å². The van der Waals surface area contributed by atoms with E-state index in [1.54, 1.807) is 30.3 Å². The monoisotopic (exact) mass is 493 g/mol. The zero-order valence-electron chi connectivity index (χ0n) is 19.9. The first-order valence-electron chi connectivity index (χ1n) is 11.7. The fourth-order valence-corrected chi connectivity index (χ4v) is 5.84. The molecule has 0 atom stereocenters.